The number of esters is 1. The molecule has 0 spiro atoms. The van der Waals surface area contributed by atoms with Gasteiger partial charge >= 0.3 is 5.97 Å². The smallest absolute Gasteiger partial charge is 0.338 e. The quantitative estimate of drug-likeness (QED) is 0.363. The van der Waals surface area contributed by atoms with E-state index in [1.165, 1.54) is 22.7 Å². The van der Waals surface area contributed by atoms with Crippen molar-refractivity contribution in [3.8, 4) is 0 Å². The van der Waals surface area contributed by atoms with E-state index < -0.39 is 12.0 Å². The molecule has 36 heavy (non-hydrogen) atoms. The average molecular weight is 516 g/mol. The summed E-state index contributed by atoms with van der Waals surface area (Å²) >= 11 is 2.84. The number of carbonyl (C=O) groups is 1. The van der Waals surface area contributed by atoms with Gasteiger partial charge in [-0.05, 0) is 47.7 Å². The highest BCUT2D eigenvalue weighted by atomic mass is 32.1. The number of nitrogens with zero attached hydrogens (tertiary/aromatic N) is 3. The fourth-order valence-electron chi connectivity index (χ4n) is 4.12. The summed E-state index contributed by atoms with van der Waals surface area (Å²) in [6, 6.07) is 20.8. The molecule has 0 radical (unpaired) electrons. The molecule has 6 nitrogen and oxygen atoms in total. The molecular weight excluding hydrogens is 490 g/mol. The molecule has 0 fully saturated rings. The SMILES string of the molecule is CC1=C(C(=O)OCc2ccccc2)[C@H](c2cccs2)n2c(s/c(=C/c3ccc(N(C)C)cc3)c2=O)=N1. The van der Waals surface area contributed by atoms with Gasteiger partial charge in [0, 0.05) is 24.7 Å². The van der Waals surface area contributed by atoms with Crippen molar-refractivity contribution in [3.05, 3.63) is 119 Å². The first-order valence-corrected chi connectivity index (χ1v) is 13.2. The van der Waals surface area contributed by atoms with Crippen molar-refractivity contribution in [1.29, 1.82) is 0 Å². The molecule has 3 heterocycles. The molecule has 0 saturated heterocycles. The lowest BCUT2D eigenvalue weighted by Crippen LogP contribution is -2.39. The number of hydrogen-bond acceptors (Lipinski definition) is 7. The monoisotopic (exact) mass is 515 g/mol. The summed E-state index contributed by atoms with van der Waals surface area (Å²) in [4.78, 5) is 35.1. The zero-order valence-electron chi connectivity index (χ0n) is 20.2. The normalized spacial score (nSPS) is 15.4. The highest BCUT2D eigenvalue weighted by Gasteiger charge is 2.34. The second-order valence-electron chi connectivity index (χ2n) is 8.64. The van der Waals surface area contributed by atoms with Crippen molar-refractivity contribution >= 4 is 40.4 Å². The number of anilines is 1. The van der Waals surface area contributed by atoms with E-state index in [4.69, 9.17) is 4.74 Å². The van der Waals surface area contributed by atoms with Gasteiger partial charge in [0.05, 0.1) is 15.8 Å². The van der Waals surface area contributed by atoms with Gasteiger partial charge in [0.2, 0.25) is 0 Å². The van der Waals surface area contributed by atoms with Gasteiger partial charge in [-0.2, -0.15) is 0 Å². The maximum atomic E-state index is 13.7. The topological polar surface area (TPSA) is 63.9 Å². The van der Waals surface area contributed by atoms with Crippen LogP contribution in [0.4, 0.5) is 5.69 Å². The number of thiazole rings is 1. The van der Waals surface area contributed by atoms with Crippen LogP contribution in [0.15, 0.2) is 93.2 Å². The predicted octanol–water partition coefficient (Wildman–Crippen LogP) is 4.11. The molecule has 1 aliphatic heterocycles. The zero-order chi connectivity index (χ0) is 25.2. The van der Waals surface area contributed by atoms with Crippen LogP contribution < -0.4 is 19.8 Å². The van der Waals surface area contributed by atoms with Crippen LogP contribution in [0.2, 0.25) is 0 Å². The molecule has 0 aliphatic carbocycles. The van der Waals surface area contributed by atoms with Crippen molar-refractivity contribution in [3.63, 3.8) is 0 Å². The maximum Gasteiger partial charge on any atom is 0.338 e. The first-order chi connectivity index (χ1) is 17.4. The minimum Gasteiger partial charge on any atom is -0.457 e. The van der Waals surface area contributed by atoms with Crippen LogP contribution in [0.25, 0.3) is 6.08 Å². The van der Waals surface area contributed by atoms with Crippen LogP contribution in [0.1, 0.15) is 29.0 Å². The van der Waals surface area contributed by atoms with E-state index in [0.717, 1.165) is 21.7 Å². The minimum absolute atomic E-state index is 0.154. The molecule has 2 aromatic carbocycles. The van der Waals surface area contributed by atoms with E-state index in [-0.39, 0.29) is 12.2 Å². The van der Waals surface area contributed by atoms with Crippen molar-refractivity contribution < 1.29 is 9.53 Å². The molecule has 0 N–H and O–H groups in total. The summed E-state index contributed by atoms with van der Waals surface area (Å²) in [5.74, 6) is -0.466. The number of hydrogen-bond donors (Lipinski definition) is 0. The van der Waals surface area contributed by atoms with Gasteiger partial charge in [-0.1, -0.05) is 59.9 Å². The van der Waals surface area contributed by atoms with E-state index in [0.29, 0.717) is 20.6 Å². The summed E-state index contributed by atoms with van der Waals surface area (Å²) in [5.41, 5.74) is 3.69. The Morgan fingerprint density at radius 1 is 1.08 bits per heavy atom. The molecule has 4 aromatic rings. The Hall–Kier alpha value is -3.75. The van der Waals surface area contributed by atoms with Crippen LogP contribution in [-0.4, -0.2) is 24.6 Å². The lowest BCUT2D eigenvalue weighted by molar-refractivity contribution is -0.140. The fraction of sp³-hybridized carbons (Fsp3) is 0.179. The largest absolute Gasteiger partial charge is 0.457 e. The Morgan fingerprint density at radius 3 is 2.50 bits per heavy atom. The van der Waals surface area contributed by atoms with Crippen LogP contribution in [-0.2, 0) is 16.1 Å². The first-order valence-electron chi connectivity index (χ1n) is 11.5. The van der Waals surface area contributed by atoms with Crippen molar-refractivity contribution in [1.82, 2.24) is 4.57 Å². The van der Waals surface area contributed by atoms with Crippen molar-refractivity contribution in [2.45, 2.75) is 19.6 Å². The third kappa shape index (κ3) is 4.69. The number of thiophene rings is 1. The van der Waals surface area contributed by atoms with E-state index in [1.807, 2.05) is 97.2 Å². The third-order valence-electron chi connectivity index (χ3n) is 5.97. The van der Waals surface area contributed by atoms with Crippen LogP contribution in [0.3, 0.4) is 0 Å². The second-order valence-corrected chi connectivity index (χ2v) is 10.6. The lowest BCUT2D eigenvalue weighted by atomic mass is 10.0. The van der Waals surface area contributed by atoms with Gasteiger partial charge in [0.1, 0.15) is 12.6 Å². The highest BCUT2D eigenvalue weighted by Crippen LogP contribution is 2.33. The maximum absolute atomic E-state index is 13.7. The Balaban J connectivity index is 1.55. The third-order valence-corrected chi connectivity index (χ3v) is 7.88. The summed E-state index contributed by atoms with van der Waals surface area (Å²) in [7, 11) is 3.98. The van der Waals surface area contributed by atoms with Crippen molar-refractivity contribution in [2.24, 2.45) is 4.99 Å². The summed E-state index contributed by atoms with van der Waals surface area (Å²) in [6.45, 7) is 1.96. The summed E-state index contributed by atoms with van der Waals surface area (Å²) in [5, 5.41) is 1.94. The number of aromatic nitrogens is 1. The Morgan fingerprint density at radius 2 is 1.83 bits per heavy atom. The standard InChI is InChI=1S/C28H25N3O3S2/c1-18-24(27(33)34-17-20-8-5-4-6-9-20)25(22-10-7-15-35-22)31-26(32)23(36-28(31)29-18)16-19-11-13-21(14-12-19)30(2)3/h4-16,25H,17H2,1-3H3/b23-16+/t25-/m0/s1. The summed E-state index contributed by atoms with van der Waals surface area (Å²) in [6.07, 6.45) is 1.88. The molecule has 1 aliphatic rings. The Labute approximate surface area is 216 Å². The van der Waals surface area contributed by atoms with Gasteiger partial charge in [0.25, 0.3) is 5.56 Å². The number of fused-ring (bicyclic) bond motifs is 1. The van der Waals surface area contributed by atoms with Gasteiger partial charge in [-0.3, -0.25) is 9.36 Å². The second kappa shape index (κ2) is 10.1. The van der Waals surface area contributed by atoms with E-state index in [2.05, 4.69) is 4.99 Å². The minimum atomic E-state index is -0.581. The molecule has 5 rings (SSSR count). The predicted molar refractivity (Wildman–Crippen MR) is 145 cm³/mol. The van der Waals surface area contributed by atoms with E-state index in [9.17, 15) is 9.59 Å². The number of carbonyl (C=O) groups excluding carboxylic acids is 1. The number of ether oxygens (including phenoxy) is 1. The highest BCUT2D eigenvalue weighted by molar-refractivity contribution is 7.10. The van der Waals surface area contributed by atoms with Gasteiger partial charge in [-0.15, -0.1) is 11.3 Å². The number of allylic oxidation sites excluding steroid dienone is 1. The molecule has 1 atom stereocenters. The van der Waals surface area contributed by atoms with Crippen LogP contribution >= 0.6 is 22.7 Å². The van der Waals surface area contributed by atoms with Crippen LogP contribution in [0.5, 0.6) is 0 Å². The number of rotatable bonds is 6. The van der Waals surface area contributed by atoms with E-state index in [1.54, 1.807) is 11.5 Å². The van der Waals surface area contributed by atoms with E-state index >= 15 is 0 Å². The molecule has 0 unspecified atom stereocenters. The van der Waals surface area contributed by atoms with Gasteiger partial charge in [0.15, 0.2) is 4.80 Å². The molecule has 0 saturated carbocycles. The fourth-order valence-corrected chi connectivity index (χ4v) is 5.99. The molecule has 0 amide bonds. The zero-order valence-corrected chi connectivity index (χ0v) is 21.8. The Bertz CT molecular complexity index is 1600. The average Bonchev–Trinajstić information content (AvgIpc) is 3.51. The molecular formula is C28H25N3O3S2. The van der Waals surface area contributed by atoms with Crippen LogP contribution in [0, 0.1) is 0 Å². The molecule has 182 valence electrons. The Kier molecular flexibility index (Phi) is 6.71. The van der Waals surface area contributed by atoms with Crippen molar-refractivity contribution in [2.75, 3.05) is 19.0 Å². The first kappa shape index (κ1) is 24.0. The molecule has 8 heteroatoms. The van der Waals surface area contributed by atoms with Gasteiger partial charge < -0.3 is 9.64 Å². The molecule has 0 bridgehead atoms. The lowest BCUT2D eigenvalue weighted by Gasteiger charge is -2.23. The molecule has 2 aromatic heterocycles. The number of benzene rings is 2. The van der Waals surface area contributed by atoms with Gasteiger partial charge in [-0.25, -0.2) is 9.79 Å². The summed E-state index contributed by atoms with van der Waals surface area (Å²) < 4.78 is 7.87.